The van der Waals surface area contributed by atoms with Crippen LogP contribution in [0.3, 0.4) is 0 Å². The maximum Gasteiger partial charge on any atom is 0.441 e. The van der Waals surface area contributed by atoms with Crippen molar-refractivity contribution in [2.75, 3.05) is 18.6 Å². The molecule has 0 bridgehead atoms. The van der Waals surface area contributed by atoms with Crippen molar-refractivity contribution in [2.45, 2.75) is 5.51 Å². The van der Waals surface area contributed by atoms with Crippen molar-refractivity contribution in [3.8, 4) is 6.19 Å². The van der Waals surface area contributed by atoms with Crippen LogP contribution in [0.2, 0.25) is 0 Å². The Kier molecular flexibility index (Phi) is 6.57. The monoisotopic (exact) mass is 243 g/mol. The molecule has 0 saturated carbocycles. The third kappa shape index (κ3) is 8.07. The number of amidine groups is 1. The molecule has 14 heavy (non-hydrogen) atoms. The van der Waals surface area contributed by atoms with Gasteiger partial charge in [-0.2, -0.15) is 18.4 Å². The van der Waals surface area contributed by atoms with Crippen LogP contribution in [-0.2, 0) is 0 Å². The lowest BCUT2D eigenvalue weighted by Gasteiger charge is -2.03. The summed E-state index contributed by atoms with van der Waals surface area (Å²) >= 11 is 1.06. The Morgan fingerprint density at radius 2 is 2.21 bits per heavy atom. The molecule has 1 N–H and O–H groups in total. The fraction of sp³-hybridized carbons (Fsp3) is 0.667. The Hall–Kier alpha value is -0.550. The Balaban J connectivity index is 3.75. The number of nitrogens with zero attached hydrogens (tertiary/aromatic N) is 2. The average Bonchev–Trinajstić information content (AvgIpc) is 2.08. The van der Waals surface area contributed by atoms with Crippen LogP contribution in [0.5, 0.6) is 0 Å². The largest absolute Gasteiger partial charge is 0.441 e. The first-order valence-corrected chi connectivity index (χ1v) is 5.65. The third-order valence-electron chi connectivity index (χ3n) is 0.969. The maximum atomic E-state index is 11.7. The van der Waals surface area contributed by atoms with Crippen molar-refractivity contribution in [3.05, 3.63) is 0 Å². The van der Waals surface area contributed by atoms with Crippen LogP contribution >= 0.6 is 23.5 Å². The maximum absolute atomic E-state index is 11.7. The fourth-order valence-electron chi connectivity index (χ4n) is 0.511. The van der Waals surface area contributed by atoms with Crippen LogP contribution in [0, 0.1) is 11.5 Å². The topological polar surface area (TPSA) is 48.2 Å². The number of alkyl halides is 3. The van der Waals surface area contributed by atoms with E-state index in [0.717, 1.165) is 0 Å². The minimum absolute atomic E-state index is 0.0367. The lowest BCUT2D eigenvalue weighted by Crippen LogP contribution is -2.14. The molecule has 8 heteroatoms. The van der Waals surface area contributed by atoms with E-state index >= 15 is 0 Å². The van der Waals surface area contributed by atoms with E-state index in [4.69, 9.17) is 5.26 Å². The van der Waals surface area contributed by atoms with Crippen LogP contribution < -0.4 is 5.32 Å². The normalized spacial score (nSPS) is 12.4. The molecule has 0 spiro atoms. The molecule has 0 aliphatic rings. The van der Waals surface area contributed by atoms with E-state index in [1.54, 1.807) is 12.4 Å². The van der Waals surface area contributed by atoms with Gasteiger partial charge in [0.25, 0.3) is 0 Å². The summed E-state index contributed by atoms with van der Waals surface area (Å²) in [6.45, 7) is 0.0367. The summed E-state index contributed by atoms with van der Waals surface area (Å²) in [5.41, 5.74) is -4.21. The van der Waals surface area contributed by atoms with Crippen molar-refractivity contribution in [1.29, 1.82) is 5.26 Å². The van der Waals surface area contributed by atoms with Gasteiger partial charge in [-0.15, -0.1) is 0 Å². The average molecular weight is 243 g/mol. The quantitative estimate of drug-likeness (QED) is 0.271. The molecule has 0 aliphatic heterocycles. The highest BCUT2D eigenvalue weighted by atomic mass is 32.2. The molecule has 0 aliphatic carbocycles. The van der Waals surface area contributed by atoms with Crippen LogP contribution in [0.4, 0.5) is 13.2 Å². The zero-order chi connectivity index (χ0) is 11.0. The molecule has 0 radical (unpaired) electrons. The predicted molar refractivity (Wildman–Crippen MR) is 53.1 cm³/mol. The number of halogens is 3. The second kappa shape index (κ2) is 6.84. The van der Waals surface area contributed by atoms with Gasteiger partial charge in [0, 0.05) is 5.75 Å². The Labute approximate surface area is 88.1 Å². The van der Waals surface area contributed by atoms with Crippen LogP contribution in [-0.4, -0.2) is 29.2 Å². The number of rotatable bonds is 3. The molecule has 80 valence electrons. The number of nitrogens with one attached hydrogen (secondary N) is 1. The molecule has 0 aromatic rings. The first-order valence-electron chi connectivity index (χ1n) is 3.44. The molecular formula is C6H8F3N3S2. The second-order valence-corrected chi connectivity index (χ2v) is 3.88. The molecular weight excluding hydrogens is 235 g/mol. The zero-order valence-corrected chi connectivity index (χ0v) is 8.89. The van der Waals surface area contributed by atoms with Gasteiger partial charge in [0.1, 0.15) is 0 Å². The first-order chi connectivity index (χ1) is 6.49. The van der Waals surface area contributed by atoms with Gasteiger partial charge in [-0.05, 0) is 18.0 Å². The van der Waals surface area contributed by atoms with Gasteiger partial charge in [-0.1, -0.05) is 11.8 Å². The molecule has 0 aromatic heterocycles. The van der Waals surface area contributed by atoms with Crippen molar-refractivity contribution >= 4 is 28.7 Å². The Morgan fingerprint density at radius 3 is 2.64 bits per heavy atom. The van der Waals surface area contributed by atoms with E-state index in [-0.39, 0.29) is 24.1 Å². The van der Waals surface area contributed by atoms with Crippen molar-refractivity contribution < 1.29 is 13.2 Å². The SMILES string of the molecule is CSC(=NCCSC(F)(F)F)NC#N. The molecule has 0 heterocycles. The fourth-order valence-corrected chi connectivity index (χ4v) is 1.29. The summed E-state index contributed by atoms with van der Waals surface area (Å²) in [7, 11) is 0. The van der Waals surface area contributed by atoms with E-state index in [1.807, 2.05) is 0 Å². The molecule has 0 amide bonds. The van der Waals surface area contributed by atoms with Gasteiger partial charge in [0.05, 0.1) is 6.54 Å². The van der Waals surface area contributed by atoms with Gasteiger partial charge in [-0.25, -0.2) is 0 Å². The molecule has 3 nitrogen and oxygen atoms in total. The third-order valence-corrected chi connectivity index (χ3v) is 2.30. The Bertz CT molecular complexity index is 233. The molecule has 0 rings (SSSR count). The molecule has 0 fully saturated rings. The molecule has 0 aromatic carbocycles. The number of hydrogen-bond donors (Lipinski definition) is 1. The number of thioether (sulfide) groups is 2. The van der Waals surface area contributed by atoms with Crippen LogP contribution in [0.15, 0.2) is 4.99 Å². The molecule has 0 saturated heterocycles. The van der Waals surface area contributed by atoms with E-state index in [9.17, 15) is 13.2 Å². The summed E-state index contributed by atoms with van der Waals surface area (Å²) in [4.78, 5) is 3.76. The van der Waals surface area contributed by atoms with Crippen molar-refractivity contribution in [1.82, 2.24) is 5.32 Å². The van der Waals surface area contributed by atoms with E-state index in [0.29, 0.717) is 5.17 Å². The summed E-state index contributed by atoms with van der Waals surface area (Å²) in [6, 6.07) is 0. The lowest BCUT2D eigenvalue weighted by molar-refractivity contribution is -0.0327. The van der Waals surface area contributed by atoms with Crippen LogP contribution in [0.1, 0.15) is 0 Å². The van der Waals surface area contributed by atoms with Gasteiger partial charge in [0.2, 0.25) is 0 Å². The second-order valence-electron chi connectivity index (χ2n) is 1.92. The standard InChI is InChI=1S/C6H8F3N3S2/c1-13-5(12-4-10)11-2-3-14-6(7,8)9/h2-3H2,1H3,(H,11,12). The number of hydrogen-bond acceptors (Lipinski definition) is 4. The summed E-state index contributed by atoms with van der Waals surface area (Å²) in [5, 5.41) is 10.8. The van der Waals surface area contributed by atoms with Crippen LogP contribution in [0.25, 0.3) is 0 Å². The van der Waals surface area contributed by atoms with Crippen molar-refractivity contribution in [2.24, 2.45) is 4.99 Å². The zero-order valence-electron chi connectivity index (χ0n) is 7.26. The number of aliphatic imine (C=N–C) groups is 1. The lowest BCUT2D eigenvalue weighted by atomic mass is 10.8. The smallest absolute Gasteiger partial charge is 0.272 e. The van der Waals surface area contributed by atoms with E-state index in [2.05, 4.69) is 10.3 Å². The Morgan fingerprint density at radius 1 is 1.57 bits per heavy atom. The van der Waals surface area contributed by atoms with Gasteiger partial charge in [-0.3, -0.25) is 10.3 Å². The summed E-state index contributed by atoms with van der Waals surface area (Å²) in [5.74, 6) is -0.138. The summed E-state index contributed by atoms with van der Waals surface area (Å²) in [6.07, 6.45) is 3.33. The minimum atomic E-state index is -4.21. The first kappa shape index (κ1) is 13.4. The van der Waals surface area contributed by atoms with Gasteiger partial charge in [0.15, 0.2) is 11.4 Å². The minimum Gasteiger partial charge on any atom is -0.272 e. The highest BCUT2D eigenvalue weighted by Gasteiger charge is 2.27. The van der Waals surface area contributed by atoms with Gasteiger partial charge >= 0.3 is 5.51 Å². The summed E-state index contributed by atoms with van der Waals surface area (Å²) < 4.78 is 35.0. The van der Waals surface area contributed by atoms with Crippen molar-refractivity contribution in [3.63, 3.8) is 0 Å². The van der Waals surface area contributed by atoms with Gasteiger partial charge < -0.3 is 0 Å². The predicted octanol–water partition coefficient (Wildman–Crippen LogP) is 2.03. The van der Waals surface area contributed by atoms with E-state index < -0.39 is 5.51 Å². The van der Waals surface area contributed by atoms with E-state index in [1.165, 1.54) is 11.8 Å². The molecule has 0 atom stereocenters. The highest BCUT2D eigenvalue weighted by molar-refractivity contribution is 8.13. The number of nitriles is 1. The molecule has 0 unspecified atom stereocenters. The highest BCUT2D eigenvalue weighted by Crippen LogP contribution is 2.29.